The van der Waals surface area contributed by atoms with Gasteiger partial charge in [-0.15, -0.1) is 12.4 Å². The topological polar surface area (TPSA) is 64.3 Å². The second-order valence-electron chi connectivity index (χ2n) is 3.27. The van der Waals surface area contributed by atoms with Crippen LogP contribution in [0.15, 0.2) is 24.3 Å². The zero-order valence-corrected chi connectivity index (χ0v) is 10.3. The van der Waals surface area contributed by atoms with E-state index in [2.05, 4.69) is 5.32 Å². The Bertz CT molecular complexity index is 359. The minimum Gasteiger partial charge on any atom is -0.370 e. The number of rotatable bonds is 5. The summed E-state index contributed by atoms with van der Waals surface area (Å²) in [5, 5.41) is 2.56. The van der Waals surface area contributed by atoms with Gasteiger partial charge in [0.25, 0.3) is 5.91 Å². The molecule has 0 saturated heterocycles. The van der Waals surface area contributed by atoms with Crippen LogP contribution in [0.3, 0.4) is 0 Å². The third kappa shape index (κ3) is 4.68. The third-order valence-corrected chi connectivity index (χ3v) is 2.20. The molecule has 0 radical (unpaired) electrons. The van der Waals surface area contributed by atoms with Crippen LogP contribution in [0.4, 0.5) is 4.39 Å². The minimum absolute atomic E-state index is 0. The number of carbonyl (C=O) groups is 1. The average molecular weight is 263 g/mol. The van der Waals surface area contributed by atoms with Gasteiger partial charge in [0.05, 0.1) is 0 Å². The van der Waals surface area contributed by atoms with Crippen molar-refractivity contribution in [3.8, 4) is 0 Å². The Morgan fingerprint density at radius 2 is 2.18 bits per heavy atom. The first-order chi connectivity index (χ1) is 7.69. The highest BCUT2D eigenvalue weighted by atomic mass is 35.5. The lowest BCUT2D eigenvalue weighted by Crippen LogP contribution is -2.40. The summed E-state index contributed by atoms with van der Waals surface area (Å²) in [7, 11) is 1.40. The minimum atomic E-state index is -0.688. The van der Waals surface area contributed by atoms with Gasteiger partial charge >= 0.3 is 0 Å². The average Bonchev–Trinajstić information content (AvgIpc) is 2.29. The van der Waals surface area contributed by atoms with E-state index in [-0.39, 0.29) is 37.2 Å². The number of nitrogens with two attached hydrogens (primary N) is 1. The lowest BCUT2D eigenvalue weighted by Gasteiger charge is -2.13. The van der Waals surface area contributed by atoms with Gasteiger partial charge in [-0.2, -0.15) is 0 Å². The highest BCUT2D eigenvalue weighted by molar-refractivity contribution is 5.85. The highest BCUT2D eigenvalue weighted by Gasteiger charge is 2.15. The molecular formula is C11H16ClFN2O2. The summed E-state index contributed by atoms with van der Waals surface area (Å²) in [5.74, 6) is -0.683. The van der Waals surface area contributed by atoms with Crippen molar-refractivity contribution in [2.75, 3.05) is 13.7 Å². The maximum atomic E-state index is 13.2. The van der Waals surface area contributed by atoms with Gasteiger partial charge in [-0.25, -0.2) is 4.39 Å². The number of halogens is 2. The number of hydrogen-bond acceptors (Lipinski definition) is 3. The van der Waals surface area contributed by atoms with Crippen LogP contribution in [-0.4, -0.2) is 25.7 Å². The molecule has 0 aliphatic heterocycles. The molecule has 1 aromatic carbocycles. The van der Waals surface area contributed by atoms with Crippen LogP contribution in [0.25, 0.3) is 0 Å². The van der Waals surface area contributed by atoms with Crippen molar-refractivity contribution in [2.24, 2.45) is 5.73 Å². The van der Waals surface area contributed by atoms with Gasteiger partial charge in [0.15, 0.2) is 0 Å². The lowest BCUT2D eigenvalue weighted by atomic mass is 10.2. The zero-order chi connectivity index (χ0) is 12.0. The molecule has 3 N–H and O–H groups in total. The van der Waals surface area contributed by atoms with Crippen LogP contribution in [0.1, 0.15) is 5.56 Å². The maximum Gasteiger partial charge on any atom is 0.250 e. The van der Waals surface area contributed by atoms with Crippen molar-refractivity contribution in [3.63, 3.8) is 0 Å². The first-order valence-electron chi connectivity index (χ1n) is 4.93. The van der Waals surface area contributed by atoms with Crippen molar-refractivity contribution in [2.45, 2.75) is 12.6 Å². The smallest absolute Gasteiger partial charge is 0.250 e. The van der Waals surface area contributed by atoms with Crippen molar-refractivity contribution in [1.29, 1.82) is 0 Å². The fraction of sp³-hybridized carbons (Fsp3) is 0.364. The molecule has 0 aromatic heterocycles. The molecule has 17 heavy (non-hydrogen) atoms. The zero-order valence-electron chi connectivity index (χ0n) is 9.48. The quantitative estimate of drug-likeness (QED) is 0.826. The molecular weight excluding hydrogens is 247 g/mol. The summed E-state index contributed by atoms with van der Waals surface area (Å²) >= 11 is 0. The molecule has 1 atom stereocenters. The van der Waals surface area contributed by atoms with E-state index in [9.17, 15) is 9.18 Å². The molecule has 1 aromatic rings. The van der Waals surface area contributed by atoms with Gasteiger partial charge in [-0.05, 0) is 6.07 Å². The molecule has 0 aliphatic rings. The first kappa shape index (κ1) is 15.8. The fourth-order valence-corrected chi connectivity index (χ4v) is 1.25. The standard InChI is InChI=1S/C11H15FN2O2.ClH/c1-16-10(6-13)11(15)14-7-8-4-2-3-5-9(8)12;/h2-5,10H,6-7,13H2,1H3,(H,14,15);1H. The van der Waals surface area contributed by atoms with Gasteiger partial charge in [-0.1, -0.05) is 18.2 Å². The molecule has 0 aliphatic carbocycles. The fourth-order valence-electron chi connectivity index (χ4n) is 1.25. The monoisotopic (exact) mass is 262 g/mol. The molecule has 0 bridgehead atoms. The number of carbonyl (C=O) groups excluding carboxylic acids is 1. The molecule has 0 saturated carbocycles. The lowest BCUT2D eigenvalue weighted by molar-refractivity contribution is -0.130. The number of ether oxygens (including phenoxy) is 1. The number of amides is 1. The summed E-state index contributed by atoms with van der Waals surface area (Å²) in [6, 6.07) is 6.26. The van der Waals surface area contributed by atoms with Gasteiger partial charge < -0.3 is 15.8 Å². The van der Waals surface area contributed by atoms with Crippen LogP contribution in [0.2, 0.25) is 0 Å². The number of benzene rings is 1. The molecule has 1 unspecified atom stereocenters. The molecule has 0 heterocycles. The van der Waals surface area contributed by atoms with E-state index in [1.165, 1.54) is 13.2 Å². The highest BCUT2D eigenvalue weighted by Crippen LogP contribution is 2.05. The molecule has 6 heteroatoms. The Morgan fingerprint density at radius 1 is 1.53 bits per heavy atom. The second kappa shape index (κ2) is 8.00. The molecule has 1 amide bonds. The van der Waals surface area contributed by atoms with Crippen LogP contribution in [-0.2, 0) is 16.1 Å². The molecule has 4 nitrogen and oxygen atoms in total. The SMILES string of the molecule is COC(CN)C(=O)NCc1ccccc1F.Cl. The number of hydrogen-bond donors (Lipinski definition) is 2. The third-order valence-electron chi connectivity index (χ3n) is 2.20. The predicted octanol–water partition coefficient (Wildman–Crippen LogP) is 0.837. The summed E-state index contributed by atoms with van der Waals surface area (Å²) in [4.78, 5) is 11.5. The van der Waals surface area contributed by atoms with E-state index in [4.69, 9.17) is 10.5 Å². The van der Waals surface area contributed by atoms with Crippen molar-refractivity contribution in [1.82, 2.24) is 5.32 Å². The number of nitrogens with one attached hydrogen (secondary N) is 1. The van der Waals surface area contributed by atoms with Crippen LogP contribution in [0, 0.1) is 5.82 Å². The largest absolute Gasteiger partial charge is 0.370 e. The van der Waals surface area contributed by atoms with Gasteiger partial charge in [0, 0.05) is 25.8 Å². The van der Waals surface area contributed by atoms with Crippen molar-refractivity contribution < 1.29 is 13.9 Å². The van der Waals surface area contributed by atoms with E-state index in [0.29, 0.717) is 5.56 Å². The Balaban J connectivity index is 0.00000256. The van der Waals surface area contributed by atoms with Gasteiger partial charge in [0.2, 0.25) is 0 Å². The predicted molar refractivity (Wildman–Crippen MR) is 65.3 cm³/mol. The van der Waals surface area contributed by atoms with E-state index in [0.717, 1.165) is 0 Å². The summed E-state index contributed by atoms with van der Waals surface area (Å²) in [6.07, 6.45) is -0.688. The van der Waals surface area contributed by atoms with Gasteiger partial charge in [0.1, 0.15) is 11.9 Å². The van der Waals surface area contributed by atoms with Crippen LogP contribution in [0.5, 0.6) is 0 Å². The summed E-state index contributed by atoms with van der Waals surface area (Å²) in [5.41, 5.74) is 5.76. The normalized spacial score (nSPS) is 11.5. The Morgan fingerprint density at radius 3 is 2.71 bits per heavy atom. The van der Waals surface area contributed by atoms with Crippen molar-refractivity contribution >= 4 is 18.3 Å². The first-order valence-corrected chi connectivity index (χ1v) is 4.93. The van der Waals surface area contributed by atoms with Crippen LogP contribution >= 0.6 is 12.4 Å². The van der Waals surface area contributed by atoms with Gasteiger partial charge in [-0.3, -0.25) is 4.79 Å². The Hall–Kier alpha value is -1.17. The molecule has 1 rings (SSSR count). The Kier molecular flexibility index (Phi) is 7.45. The Labute approximate surface area is 106 Å². The van der Waals surface area contributed by atoms with Crippen LogP contribution < -0.4 is 11.1 Å². The summed E-state index contributed by atoms with van der Waals surface area (Å²) in [6.45, 7) is 0.227. The molecule has 0 fully saturated rings. The van der Waals surface area contributed by atoms with Crippen molar-refractivity contribution in [3.05, 3.63) is 35.6 Å². The molecule has 0 spiro atoms. The maximum absolute atomic E-state index is 13.2. The molecule has 96 valence electrons. The van der Waals surface area contributed by atoms with E-state index in [1.54, 1.807) is 18.2 Å². The second-order valence-corrected chi connectivity index (χ2v) is 3.27. The van der Waals surface area contributed by atoms with E-state index >= 15 is 0 Å². The number of methoxy groups -OCH3 is 1. The van der Waals surface area contributed by atoms with E-state index < -0.39 is 6.10 Å². The summed E-state index contributed by atoms with van der Waals surface area (Å²) < 4.78 is 18.0. The van der Waals surface area contributed by atoms with E-state index in [1.807, 2.05) is 0 Å².